The summed E-state index contributed by atoms with van der Waals surface area (Å²) in [7, 11) is -1.90. The Bertz CT molecular complexity index is 221. The average Bonchev–Trinajstić information content (AvgIpc) is 1.85. The first-order valence-corrected chi connectivity index (χ1v) is 5.07. The van der Waals surface area contributed by atoms with E-state index in [1.165, 1.54) is 13.3 Å². The third-order valence-electron chi connectivity index (χ3n) is 1.31. The molecule has 2 N–H and O–H groups in total. The standard InChI is InChI=1S/C6H14N2O2S/c1-3-4-6(5-8-2)11(7,9)10/h5-6H,3-4H2,1-2H3,(H2,7,9,10). The molecule has 11 heavy (non-hydrogen) atoms. The molecule has 0 rings (SSSR count). The molecule has 1 atom stereocenters. The summed E-state index contributed by atoms with van der Waals surface area (Å²) < 4.78 is 21.6. The van der Waals surface area contributed by atoms with Crippen LogP contribution in [0.25, 0.3) is 0 Å². The van der Waals surface area contributed by atoms with Crippen LogP contribution in [0.4, 0.5) is 0 Å². The Morgan fingerprint density at radius 2 is 2.18 bits per heavy atom. The van der Waals surface area contributed by atoms with Crippen molar-refractivity contribution in [2.24, 2.45) is 10.1 Å². The van der Waals surface area contributed by atoms with E-state index in [4.69, 9.17) is 5.14 Å². The van der Waals surface area contributed by atoms with Gasteiger partial charge < -0.3 is 0 Å². The predicted molar refractivity (Wildman–Crippen MR) is 46.2 cm³/mol. The number of nitrogens with two attached hydrogens (primary N) is 1. The molecule has 0 aliphatic carbocycles. The van der Waals surface area contributed by atoms with Crippen LogP contribution in [-0.4, -0.2) is 26.9 Å². The van der Waals surface area contributed by atoms with Crippen molar-refractivity contribution in [3.05, 3.63) is 0 Å². The van der Waals surface area contributed by atoms with E-state index < -0.39 is 15.3 Å². The molecule has 0 saturated carbocycles. The van der Waals surface area contributed by atoms with Crippen molar-refractivity contribution in [3.63, 3.8) is 0 Å². The van der Waals surface area contributed by atoms with E-state index in [1.807, 2.05) is 6.92 Å². The van der Waals surface area contributed by atoms with Crippen LogP contribution in [-0.2, 0) is 10.0 Å². The Labute approximate surface area is 67.6 Å². The van der Waals surface area contributed by atoms with Gasteiger partial charge in [-0.3, -0.25) is 4.99 Å². The topological polar surface area (TPSA) is 72.5 Å². The summed E-state index contributed by atoms with van der Waals surface area (Å²) in [4.78, 5) is 3.64. The van der Waals surface area contributed by atoms with Gasteiger partial charge in [0.25, 0.3) is 0 Å². The lowest BCUT2D eigenvalue weighted by molar-refractivity contribution is 0.588. The Kier molecular flexibility index (Phi) is 4.29. The molecule has 5 heteroatoms. The maximum Gasteiger partial charge on any atom is 0.217 e. The first-order valence-electron chi connectivity index (χ1n) is 3.46. The molecular formula is C6H14N2O2S. The van der Waals surface area contributed by atoms with Crippen molar-refractivity contribution in [1.29, 1.82) is 0 Å². The molecular weight excluding hydrogens is 164 g/mol. The van der Waals surface area contributed by atoms with Crippen molar-refractivity contribution in [1.82, 2.24) is 0 Å². The molecule has 66 valence electrons. The van der Waals surface area contributed by atoms with E-state index in [0.717, 1.165) is 6.42 Å². The van der Waals surface area contributed by atoms with Crippen LogP contribution in [0, 0.1) is 0 Å². The van der Waals surface area contributed by atoms with E-state index in [1.54, 1.807) is 0 Å². The van der Waals surface area contributed by atoms with Crippen molar-refractivity contribution in [3.8, 4) is 0 Å². The number of hydrogen-bond acceptors (Lipinski definition) is 3. The molecule has 0 aliphatic rings. The summed E-state index contributed by atoms with van der Waals surface area (Å²) in [6, 6.07) is 0. The summed E-state index contributed by atoms with van der Waals surface area (Å²) >= 11 is 0. The van der Waals surface area contributed by atoms with Crippen LogP contribution < -0.4 is 5.14 Å². The smallest absolute Gasteiger partial charge is 0.217 e. The first kappa shape index (κ1) is 10.6. The fourth-order valence-electron chi connectivity index (χ4n) is 0.774. The minimum absolute atomic E-state index is 0.538. The van der Waals surface area contributed by atoms with Crippen molar-refractivity contribution >= 4 is 16.2 Å². The Hall–Kier alpha value is -0.420. The summed E-state index contributed by atoms with van der Waals surface area (Å²) in [6.07, 6.45) is 2.70. The summed E-state index contributed by atoms with van der Waals surface area (Å²) in [5.41, 5.74) is 0. The SMILES string of the molecule is CCCC(C=NC)S(N)(=O)=O. The van der Waals surface area contributed by atoms with E-state index in [-0.39, 0.29) is 0 Å². The lowest BCUT2D eigenvalue weighted by Crippen LogP contribution is -2.29. The van der Waals surface area contributed by atoms with Crippen LogP contribution in [0.2, 0.25) is 0 Å². The Morgan fingerprint density at radius 3 is 2.45 bits per heavy atom. The van der Waals surface area contributed by atoms with Crippen molar-refractivity contribution in [2.75, 3.05) is 7.05 Å². The van der Waals surface area contributed by atoms with Gasteiger partial charge in [-0.25, -0.2) is 13.6 Å². The van der Waals surface area contributed by atoms with Gasteiger partial charge in [0, 0.05) is 13.3 Å². The zero-order valence-corrected chi connectivity index (χ0v) is 7.63. The van der Waals surface area contributed by atoms with Gasteiger partial charge in [0.2, 0.25) is 10.0 Å². The second-order valence-corrected chi connectivity index (χ2v) is 4.11. The molecule has 4 nitrogen and oxygen atoms in total. The highest BCUT2D eigenvalue weighted by molar-refractivity contribution is 7.90. The average molecular weight is 178 g/mol. The molecule has 0 aromatic rings. The lowest BCUT2D eigenvalue weighted by Gasteiger charge is -2.06. The van der Waals surface area contributed by atoms with Crippen LogP contribution in [0.5, 0.6) is 0 Å². The lowest BCUT2D eigenvalue weighted by atomic mass is 10.3. The number of primary sulfonamides is 1. The molecule has 0 amide bonds. The number of sulfonamides is 1. The summed E-state index contributed by atoms with van der Waals surface area (Å²) in [6.45, 7) is 1.90. The fraction of sp³-hybridized carbons (Fsp3) is 0.833. The number of aliphatic imine (C=N–C) groups is 1. The molecule has 0 heterocycles. The minimum atomic E-state index is -3.44. The third kappa shape index (κ3) is 4.10. The second kappa shape index (κ2) is 4.46. The van der Waals surface area contributed by atoms with Gasteiger partial charge in [-0.15, -0.1) is 0 Å². The normalized spacial score (nSPS) is 15.5. The summed E-state index contributed by atoms with van der Waals surface area (Å²) in [5, 5.41) is 4.32. The van der Waals surface area contributed by atoms with Crippen molar-refractivity contribution < 1.29 is 8.42 Å². The van der Waals surface area contributed by atoms with Crippen LogP contribution in [0.1, 0.15) is 19.8 Å². The number of hydrogen-bond donors (Lipinski definition) is 1. The highest BCUT2D eigenvalue weighted by Crippen LogP contribution is 2.01. The zero-order valence-electron chi connectivity index (χ0n) is 6.82. The second-order valence-electron chi connectivity index (χ2n) is 2.32. The van der Waals surface area contributed by atoms with Crippen molar-refractivity contribution in [2.45, 2.75) is 25.0 Å². The highest BCUT2D eigenvalue weighted by Gasteiger charge is 2.16. The zero-order chi connectivity index (χ0) is 8.91. The molecule has 0 saturated heterocycles. The predicted octanol–water partition coefficient (Wildman–Crippen LogP) is 0.144. The van der Waals surface area contributed by atoms with E-state index in [0.29, 0.717) is 6.42 Å². The summed E-state index contributed by atoms with van der Waals surface area (Å²) in [5.74, 6) is 0. The number of rotatable bonds is 4. The first-order chi connectivity index (χ1) is 5.02. The van der Waals surface area contributed by atoms with Gasteiger partial charge in [0.15, 0.2) is 0 Å². The molecule has 0 radical (unpaired) electrons. The van der Waals surface area contributed by atoms with Crippen LogP contribution in [0.15, 0.2) is 4.99 Å². The monoisotopic (exact) mass is 178 g/mol. The van der Waals surface area contributed by atoms with Gasteiger partial charge in [-0.2, -0.15) is 0 Å². The van der Waals surface area contributed by atoms with Gasteiger partial charge in [0.05, 0.1) is 0 Å². The maximum atomic E-state index is 10.8. The maximum absolute atomic E-state index is 10.8. The molecule has 0 aliphatic heterocycles. The van der Waals surface area contributed by atoms with Gasteiger partial charge in [-0.1, -0.05) is 13.3 Å². The molecule has 0 spiro atoms. The molecule has 1 unspecified atom stereocenters. The minimum Gasteiger partial charge on any atom is -0.299 e. The van der Waals surface area contributed by atoms with Gasteiger partial charge >= 0.3 is 0 Å². The Morgan fingerprint density at radius 1 is 1.64 bits per heavy atom. The molecule has 0 aromatic heterocycles. The Balaban J connectivity index is 4.35. The molecule has 0 bridgehead atoms. The van der Waals surface area contributed by atoms with Gasteiger partial charge in [0.1, 0.15) is 5.25 Å². The molecule has 0 aromatic carbocycles. The van der Waals surface area contributed by atoms with E-state index in [2.05, 4.69) is 4.99 Å². The molecule has 0 fully saturated rings. The fourth-order valence-corrected chi connectivity index (χ4v) is 1.63. The highest BCUT2D eigenvalue weighted by atomic mass is 32.2. The van der Waals surface area contributed by atoms with Gasteiger partial charge in [-0.05, 0) is 6.42 Å². The largest absolute Gasteiger partial charge is 0.299 e. The van der Waals surface area contributed by atoms with Crippen LogP contribution in [0.3, 0.4) is 0 Å². The van der Waals surface area contributed by atoms with E-state index in [9.17, 15) is 8.42 Å². The number of nitrogens with zero attached hydrogens (tertiary/aromatic N) is 1. The third-order valence-corrected chi connectivity index (χ3v) is 2.51. The van der Waals surface area contributed by atoms with E-state index >= 15 is 0 Å². The quantitative estimate of drug-likeness (QED) is 0.622. The van der Waals surface area contributed by atoms with Crippen LogP contribution >= 0.6 is 0 Å².